The molecule has 0 aromatic heterocycles. The molecule has 0 unspecified atom stereocenters. The Morgan fingerprint density at radius 2 is 1.52 bits per heavy atom. The van der Waals surface area contributed by atoms with Crippen molar-refractivity contribution in [3.8, 4) is 5.75 Å². The Hall–Kier alpha value is -1.00. The van der Waals surface area contributed by atoms with Crippen molar-refractivity contribution in [2.24, 2.45) is 0 Å². The first-order valence-electron chi connectivity index (χ1n) is 8.59. The number of ether oxygens (including phenoxy) is 2. The molecular weight excluding hydrogens is 328 g/mol. The van der Waals surface area contributed by atoms with Gasteiger partial charge in [0.1, 0.15) is 5.75 Å². The van der Waals surface area contributed by atoms with Crippen molar-refractivity contribution in [2.75, 3.05) is 12.8 Å². The average molecular weight is 357 g/mol. The Bertz CT molecular complexity index is 445. The van der Waals surface area contributed by atoms with Crippen molar-refractivity contribution in [3.05, 3.63) is 29.3 Å². The Morgan fingerprint density at radius 3 is 2.00 bits per heavy atom. The summed E-state index contributed by atoms with van der Waals surface area (Å²) < 4.78 is 11.0. The molecule has 0 spiro atoms. The lowest BCUT2D eigenvalue weighted by molar-refractivity contribution is -0.144. The van der Waals surface area contributed by atoms with Crippen LogP contribution in [0.1, 0.15) is 40.0 Å². The second kappa shape index (κ2) is 10.7. The van der Waals surface area contributed by atoms with E-state index in [2.05, 4.69) is 20.8 Å². The number of rotatable bonds is 11. The summed E-state index contributed by atoms with van der Waals surface area (Å²) in [6.45, 7) is 6.62. The number of hydrogen-bond acceptors (Lipinski definition) is 3. The van der Waals surface area contributed by atoms with Gasteiger partial charge in [0.25, 0.3) is 0 Å². The molecule has 23 heavy (non-hydrogen) atoms. The summed E-state index contributed by atoms with van der Waals surface area (Å²) in [5.74, 6) is 0.352. The molecule has 0 aliphatic carbocycles. The first kappa shape index (κ1) is 20.0. The first-order valence-corrected chi connectivity index (χ1v) is 11.8. The third-order valence-corrected chi connectivity index (χ3v) is 9.74. The van der Waals surface area contributed by atoms with Crippen LogP contribution in [0.25, 0.3) is 0 Å². The molecular formula is C18H29ClO3Si. The maximum Gasteiger partial charge on any atom is 0.343 e. The summed E-state index contributed by atoms with van der Waals surface area (Å²) in [5.41, 5.74) is 0. The monoisotopic (exact) mass is 356 g/mol. The summed E-state index contributed by atoms with van der Waals surface area (Å²) in [6, 6.07) is 10.7. The molecule has 0 aliphatic heterocycles. The molecule has 0 amide bonds. The third-order valence-electron chi connectivity index (χ3n) is 4.05. The third kappa shape index (κ3) is 7.40. The molecule has 1 aromatic rings. The highest BCUT2D eigenvalue weighted by atomic mass is 35.5. The molecule has 0 N–H and O–H groups in total. The van der Waals surface area contributed by atoms with Gasteiger partial charge in [-0.05, 0) is 24.3 Å². The highest BCUT2D eigenvalue weighted by molar-refractivity contribution is 6.79. The van der Waals surface area contributed by atoms with Crippen LogP contribution in [0, 0.1) is 0 Å². The lowest BCUT2D eigenvalue weighted by Gasteiger charge is -2.30. The number of hydrogen-bond donors (Lipinski definition) is 0. The Morgan fingerprint density at radius 1 is 1.00 bits per heavy atom. The van der Waals surface area contributed by atoms with Crippen molar-refractivity contribution in [3.63, 3.8) is 0 Å². The summed E-state index contributed by atoms with van der Waals surface area (Å²) in [7, 11) is -1.49. The number of carbonyl (C=O) groups excluding carboxylic acids is 1. The normalized spacial score (nSPS) is 11.3. The van der Waals surface area contributed by atoms with Crippen LogP contribution in [0.15, 0.2) is 24.3 Å². The zero-order valence-corrected chi connectivity index (χ0v) is 16.3. The number of carbonyl (C=O) groups is 1. The first-order chi connectivity index (χ1) is 11.0. The number of halogens is 1. The lowest BCUT2D eigenvalue weighted by atomic mass is 10.3. The minimum Gasteiger partial charge on any atom is -0.482 e. The molecule has 1 aromatic carbocycles. The highest BCUT2D eigenvalue weighted by Gasteiger charge is 2.32. The van der Waals surface area contributed by atoms with Gasteiger partial charge in [-0.1, -0.05) is 69.8 Å². The summed E-state index contributed by atoms with van der Waals surface area (Å²) in [6.07, 6.45) is 4.15. The van der Waals surface area contributed by atoms with E-state index in [0.717, 1.165) is 0 Å². The summed E-state index contributed by atoms with van der Waals surface area (Å²) >= 11 is 5.82. The van der Waals surface area contributed by atoms with Gasteiger partial charge < -0.3 is 9.47 Å². The Kier molecular flexibility index (Phi) is 9.33. The van der Waals surface area contributed by atoms with Gasteiger partial charge in [0.15, 0.2) is 6.61 Å². The van der Waals surface area contributed by atoms with E-state index in [1.807, 2.05) is 0 Å². The minimum atomic E-state index is -1.49. The van der Waals surface area contributed by atoms with E-state index >= 15 is 0 Å². The minimum absolute atomic E-state index is 0.0452. The van der Waals surface area contributed by atoms with E-state index in [9.17, 15) is 4.79 Å². The van der Waals surface area contributed by atoms with Crippen molar-refractivity contribution in [1.82, 2.24) is 0 Å². The fourth-order valence-electron chi connectivity index (χ4n) is 3.13. The Labute approximate surface area is 146 Å². The molecule has 5 heteroatoms. The van der Waals surface area contributed by atoms with E-state index in [-0.39, 0.29) is 12.6 Å². The standard InChI is InChI=1S/C18H29ClO3Si/c1-4-11-23(12-5-2,13-6-3)15-22-18(20)14-21-17-9-7-16(19)8-10-17/h7-10H,4-6,11-15H2,1-3H3. The molecule has 0 radical (unpaired) electrons. The van der Waals surface area contributed by atoms with E-state index < -0.39 is 8.07 Å². The van der Waals surface area contributed by atoms with Gasteiger partial charge >= 0.3 is 5.97 Å². The molecule has 0 saturated heterocycles. The van der Waals surface area contributed by atoms with Crippen molar-refractivity contribution in [2.45, 2.75) is 58.2 Å². The molecule has 130 valence electrons. The van der Waals surface area contributed by atoms with Crippen molar-refractivity contribution < 1.29 is 14.3 Å². The smallest absolute Gasteiger partial charge is 0.343 e. The molecule has 0 bridgehead atoms. The maximum absolute atomic E-state index is 12.0. The molecule has 0 aliphatic rings. The van der Waals surface area contributed by atoms with Crippen LogP contribution in [0.3, 0.4) is 0 Å². The fraction of sp³-hybridized carbons (Fsp3) is 0.611. The van der Waals surface area contributed by atoms with Crippen LogP contribution >= 0.6 is 11.6 Å². The second-order valence-corrected chi connectivity index (χ2v) is 11.4. The van der Waals surface area contributed by atoms with Crippen molar-refractivity contribution in [1.29, 1.82) is 0 Å². The van der Waals surface area contributed by atoms with Gasteiger partial charge in [-0.3, -0.25) is 0 Å². The SMILES string of the molecule is CCC[Si](CCC)(CCC)COC(=O)COc1ccc(Cl)cc1. The maximum atomic E-state index is 12.0. The van der Waals surface area contributed by atoms with Crippen LogP contribution in [0.2, 0.25) is 23.2 Å². The summed E-state index contributed by atoms with van der Waals surface area (Å²) in [4.78, 5) is 12.0. The van der Waals surface area contributed by atoms with Gasteiger partial charge in [-0.25, -0.2) is 4.79 Å². The van der Waals surface area contributed by atoms with Gasteiger partial charge in [0.05, 0.1) is 14.3 Å². The van der Waals surface area contributed by atoms with Gasteiger partial charge in [-0.2, -0.15) is 0 Å². The van der Waals surface area contributed by atoms with Gasteiger partial charge in [-0.15, -0.1) is 0 Å². The highest BCUT2D eigenvalue weighted by Crippen LogP contribution is 2.26. The predicted molar refractivity (Wildman–Crippen MR) is 99.0 cm³/mol. The van der Waals surface area contributed by atoms with Crippen LogP contribution in [-0.2, 0) is 9.53 Å². The fourth-order valence-corrected chi connectivity index (χ4v) is 8.09. The quantitative estimate of drug-likeness (QED) is 0.389. The second-order valence-electron chi connectivity index (χ2n) is 6.15. The molecule has 0 saturated carbocycles. The summed E-state index contributed by atoms with van der Waals surface area (Å²) in [5, 5.41) is 0.648. The molecule has 0 heterocycles. The van der Waals surface area contributed by atoms with Crippen molar-refractivity contribution >= 4 is 25.6 Å². The molecule has 0 fully saturated rings. The number of benzene rings is 1. The van der Waals surface area contributed by atoms with E-state index in [1.165, 1.54) is 37.4 Å². The van der Waals surface area contributed by atoms with Crippen LogP contribution in [-0.4, -0.2) is 26.9 Å². The predicted octanol–water partition coefficient (Wildman–Crippen LogP) is 5.48. The van der Waals surface area contributed by atoms with E-state index in [4.69, 9.17) is 21.1 Å². The number of esters is 1. The topological polar surface area (TPSA) is 35.5 Å². The van der Waals surface area contributed by atoms with Crippen LogP contribution in [0.5, 0.6) is 5.75 Å². The largest absolute Gasteiger partial charge is 0.482 e. The zero-order valence-electron chi connectivity index (χ0n) is 14.6. The zero-order chi connectivity index (χ0) is 17.1. The molecule has 1 rings (SSSR count). The average Bonchev–Trinajstić information content (AvgIpc) is 2.53. The van der Waals surface area contributed by atoms with Crippen LogP contribution < -0.4 is 4.74 Å². The van der Waals surface area contributed by atoms with E-state index in [0.29, 0.717) is 17.0 Å². The molecule has 3 nitrogen and oxygen atoms in total. The molecule has 0 atom stereocenters. The van der Waals surface area contributed by atoms with Gasteiger partial charge in [0.2, 0.25) is 0 Å². The lowest BCUT2D eigenvalue weighted by Crippen LogP contribution is -2.41. The van der Waals surface area contributed by atoms with E-state index in [1.54, 1.807) is 24.3 Å². The van der Waals surface area contributed by atoms with Crippen LogP contribution in [0.4, 0.5) is 0 Å². The Balaban J connectivity index is 2.48. The van der Waals surface area contributed by atoms with Gasteiger partial charge in [0, 0.05) is 5.02 Å².